The number of anilines is 2. The molecule has 1 aromatic heterocycles. The van der Waals surface area contributed by atoms with Crippen LogP contribution in [0.3, 0.4) is 0 Å². The van der Waals surface area contributed by atoms with Crippen LogP contribution in [0.4, 0.5) is 20.7 Å². The smallest absolute Gasteiger partial charge is 0.407 e. The van der Waals surface area contributed by atoms with Crippen LogP contribution in [0.15, 0.2) is 36.8 Å². The third-order valence-electron chi connectivity index (χ3n) is 4.83. The first-order valence-corrected chi connectivity index (χ1v) is 9.67. The summed E-state index contributed by atoms with van der Waals surface area (Å²) in [5.74, 6) is 0.419. The van der Waals surface area contributed by atoms with Crippen molar-refractivity contribution in [2.45, 2.75) is 25.9 Å². The molecule has 2 unspecified atom stereocenters. The van der Waals surface area contributed by atoms with Gasteiger partial charge < -0.3 is 26.0 Å². The van der Waals surface area contributed by atoms with Crippen molar-refractivity contribution in [3.63, 3.8) is 0 Å². The van der Waals surface area contributed by atoms with Crippen molar-refractivity contribution in [1.29, 1.82) is 0 Å². The lowest BCUT2D eigenvalue weighted by Crippen LogP contribution is -2.52. The zero-order valence-electron chi connectivity index (χ0n) is 15.9. The highest BCUT2D eigenvalue weighted by atomic mass is 32.1. The highest BCUT2D eigenvalue weighted by Gasteiger charge is 2.28. The zero-order valence-corrected chi connectivity index (χ0v) is 16.7. The fourth-order valence-corrected chi connectivity index (χ4v) is 3.47. The average Bonchev–Trinajstić information content (AvgIpc) is 2.70. The van der Waals surface area contributed by atoms with E-state index in [2.05, 4.69) is 25.9 Å². The number of nitrogens with one attached hydrogen (secondary N) is 3. The number of piperidine rings is 1. The number of amides is 1. The number of benzene rings is 1. The predicted octanol–water partition coefficient (Wildman–Crippen LogP) is 2.90. The number of carboxylic acid groups (broad SMARTS) is 1. The Hall–Kier alpha value is -3.01. The number of carbonyl (C=O) groups is 1. The number of halogens is 1. The summed E-state index contributed by atoms with van der Waals surface area (Å²) in [6, 6.07) is 6.30. The minimum atomic E-state index is -0.894. The van der Waals surface area contributed by atoms with Crippen LogP contribution in [0.5, 0.6) is 0 Å². The van der Waals surface area contributed by atoms with Crippen LogP contribution in [-0.4, -0.2) is 50.3 Å². The number of nitrogens with zero attached hydrogens (tertiary/aromatic N) is 3. The van der Waals surface area contributed by atoms with Gasteiger partial charge in [0.05, 0.1) is 6.20 Å². The minimum Gasteiger partial charge on any atom is -0.465 e. The largest absolute Gasteiger partial charge is 0.465 e. The first-order chi connectivity index (χ1) is 13.9. The summed E-state index contributed by atoms with van der Waals surface area (Å²) in [6.07, 6.45) is 2.83. The van der Waals surface area contributed by atoms with E-state index in [4.69, 9.17) is 17.3 Å². The summed E-state index contributed by atoms with van der Waals surface area (Å²) < 4.78 is 13.0. The van der Waals surface area contributed by atoms with Crippen molar-refractivity contribution in [2.24, 2.45) is 5.92 Å². The Morgan fingerprint density at radius 1 is 1.38 bits per heavy atom. The van der Waals surface area contributed by atoms with E-state index in [1.807, 2.05) is 6.92 Å². The van der Waals surface area contributed by atoms with Gasteiger partial charge in [-0.25, -0.2) is 19.2 Å². The molecule has 1 aromatic carbocycles. The SMILES string of the molecule is CC1CN(C(=O)O)CCC1NC(=S)Nc1cncnc1NCc1ccc(F)cc1. The Bertz CT molecular complexity index is 866. The topological polar surface area (TPSA) is 102 Å². The van der Waals surface area contributed by atoms with Gasteiger partial charge in [-0.1, -0.05) is 19.1 Å². The maximum Gasteiger partial charge on any atom is 0.407 e. The van der Waals surface area contributed by atoms with Gasteiger partial charge >= 0.3 is 6.09 Å². The van der Waals surface area contributed by atoms with Crippen molar-refractivity contribution in [1.82, 2.24) is 20.2 Å². The molecule has 2 aromatic rings. The average molecular weight is 418 g/mol. The van der Waals surface area contributed by atoms with Crippen LogP contribution in [0, 0.1) is 11.7 Å². The van der Waals surface area contributed by atoms with E-state index in [0.29, 0.717) is 42.7 Å². The first-order valence-electron chi connectivity index (χ1n) is 9.26. The van der Waals surface area contributed by atoms with Gasteiger partial charge in [-0.05, 0) is 42.3 Å². The fraction of sp³-hybridized carbons (Fsp3) is 0.368. The normalized spacial score (nSPS) is 18.8. The standard InChI is InChI=1S/C19H23FN6O2S/c1-12-10-26(19(27)28)7-6-15(12)24-18(29)25-16-9-21-11-23-17(16)22-8-13-2-4-14(20)5-3-13/h2-5,9,11-12,15H,6-8,10H2,1H3,(H,27,28)(H,21,22,23)(H2,24,25,29). The zero-order chi connectivity index (χ0) is 20.8. The van der Waals surface area contributed by atoms with Gasteiger partial charge in [0.25, 0.3) is 0 Å². The molecule has 0 radical (unpaired) electrons. The summed E-state index contributed by atoms with van der Waals surface area (Å²) in [5.41, 5.74) is 1.53. The lowest BCUT2D eigenvalue weighted by atomic mass is 9.94. The van der Waals surface area contributed by atoms with E-state index in [9.17, 15) is 9.18 Å². The van der Waals surface area contributed by atoms with Crippen LogP contribution in [-0.2, 0) is 6.54 Å². The molecule has 29 heavy (non-hydrogen) atoms. The number of aromatic nitrogens is 2. The van der Waals surface area contributed by atoms with Crippen molar-refractivity contribution >= 4 is 34.9 Å². The van der Waals surface area contributed by atoms with Crippen molar-refractivity contribution in [3.05, 3.63) is 48.2 Å². The molecule has 1 aliphatic rings. The molecule has 8 nitrogen and oxygen atoms in total. The maximum absolute atomic E-state index is 13.0. The van der Waals surface area contributed by atoms with Crippen molar-refractivity contribution in [2.75, 3.05) is 23.7 Å². The highest BCUT2D eigenvalue weighted by Crippen LogP contribution is 2.20. The van der Waals surface area contributed by atoms with Crippen LogP contribution >= 0.6 is 12.2 Å². The minimum absolute atomic E-state index is 0.0749. The van der Waals surface area contributed by atoms with Gasteiger partial charge in [0.2, 0.25) is 0 Å². The highest BCUT2D eigenvalue weighted by molar-refractivity contribution is 7.80. The number of hydrogen-bond acceptors (Lipinski definition) is 5. The number of hydrogen-bond donors (Lipinski definition) is 4. The molecular formula is C19H23FN6O2S. The summed E-state index contributed by atoms with van der Waals surface area (Å²) >= 11 is 5.43. The van der Waals surface area contributed by atoms with E-state index >= 15 is 0 Å². The molecule has 1 aliphatic heterocycles. The fourth-order valence-electron chi connectivity index (χ4n) is 3.21. The Morgan fingerprint density at radius 2 is 2.14 bits per heavy atom. The Morgan fingerprint density at radius 3 is 2.83 bits per heavy atom. The van der Waals surface area contributed by atoms with Gasteiger partial charge in [-0.3, -0.25) is 0 Å². The molecule has 1 saturated heterocycles. The number of likely N-dealkylation sites (tertiary alicyclic amines) is 1. The molecule has 4 N–H and O–H groups in total. The van der Waals surface area contributed by atoms with Gasteiger partial charge in [0.15, 0.2) is 10.9 Å². The second-order valence-corrected chi connectivity index (χ2v) is 7.37. The van der Waals surface area contributed by atoms with Gasteiger partial charge in [-0.2, -0.15) is 0 Å². The lowest BCUT2D eigenvalue weighted by molar-refractivity contribution is 0.114. The van der Waals surface area contributed by atoms with Crippen LogP contribution in [0.25, 0.3) is 0 Å². The molecular weight excluding hydrogens is 395 g/mol. The van der Waals surface area contributed by atoms with E-state index in [1.165, 1.54) is 23.4 Å². The number of rotatable bonds is 5. The molecule has 0 saturated carbocycles. The summed E-state index contributed by atoms with van der Waals surface area (Å²) in [6.45, 7) is 3.40. The molecule has 10 heteroatoms. The van der Waals surface area contributed by atoms with Crippen molar-refractivity contribution in [3.8, 4) is 0 Å². The molecule has 0 spiro atoms. The van der Waals surface area contributed by atoms with E-state index in [0.717, 1.165) is 5.56 Å². The Kier molecular flexibility index (Phi) is 6.76. The third-order valence-corrected chi connectivity index (χ3v) is 5.05. The predicted molar refractivity (Wildman–Crippen MR) is 112 cm³/mol. The van der Waals surface area contributed by atoms with E-state index in [-0.39, 0.29) is 17.8 Å². The molecule has 2 heterocycles. The van der Waals surface area contributed by atoms with Gasteiger partial charge in [0.1, 0.15) is 17.8 Å². The van der Waals surface area contributed by atoms with Gasteiger partial charge in [0, 0.05) is 25.7 Å². The summed E-state index contributed by atoms with van der Waals surface area (Å²) in [5, 5.41) is 19.1. The maximum atomic E-state index is 13.0. The third kappa shape index (κ3) is 5.74. The van der Waals surface area contributed by atoms with Crippen LogP contribution in [0.1, 0.15) is 18.9 Å². The molecule has 0 bridgehead atoms. The lowest BCUT2D eigenvalue weighted by Gasteiger charge is -2.36. The molecule has 1 amide bonds. The van der Waals surface area contributed by atoms with Crippen molar-refractivity contribution < 1.29 is 14.3 Å². The molecule has 1 fully saturated rings. The number of thiocarbonyl (C=S) groups is 1. The Balaban J connectivity index is 1.56. The second kappa shape index (κ2) is 9.46. The first kappa shape index (κ1) is 20.7. The Labute approximate surface area is 173 Å². The molecule has 2 atom stereocenters. The van der Waals surface area contributed by atoms with E-state index in [1.54, 1.807) is 18.3 Å². The molecule has 154 valence electrons. The second-order valence-electron chi connectivity index (χ2n) is 6.96. The summed E-state index contributed by atoms with van der Waals surface area (Å²) in [4.78, 5) is 20.8. The summed E-state index contributed by atoms with van der Waals surface area (Å²) in [7, 11) is 0. The van der Waals surface area contributed by atoms with Crippen LogP contribution in [0.2, 0.25) is 0 Å². The molecule has 0 aliphatic carbocycles. The quantitative estimate of drug-likeness (QED) is 0.550. The van der Waals surface area contributed by atoms with Gasteiger partial charge in [-0.15, -0.1) is 0 Å². The van der Waals surface area contributed by atoms with E-state index < -0.39 is 6.09 Å². The monoisotopic (exact) mass is 418 g/mol. The molecule has 3 rings (SSSR count). The van der Waals surface area contributed by atoms with Crippen LogP contribution < -0.4 is 16.0 Å².